The third-order valence-electron chi connectivity index (χ3n) is 5.22. The Morgan fingerprint density at radius 2 is 1.71 bits per heavy atom. The first-order chi connectivity index (χ1) is 15.1. The molecule has 0 aliphatic carbocycles. The van der Waals surface area contributed by atoms with E-state index in [9.17, 15) is 10.1 Å². The number of amides is 1. The minimum absolute atomic E-state index is 0.152. The molecule has 1 aliphatic rings. The molecular formula is C24H28N4O3. The topological polar surface area (TPSA) is 77.8 Å². The zero-order chi connectivity index (χ0) is 22.1. The fraction of sp³-hybridized carbons (Fsp3) is 0.333. The lowest BCUT2D eigenvalue weighted by Crippen LogP contribution is -2.48. The second-order valence-electron chi connectivity index (χ2n) is 7.30. The molecule has 0 bridgehead atoms. The van der Waals surface area contributed by atoms with E-state index in [-0.39, 0.29) is 12.5 Å². The quantitative estimate of drug-likeness (QED) is 0.708. The lowest BCUT2D eigenvalue weighted by molar-refractivity contribution is -0.117. The Labute approximate surface area is 183 Å². The van der Waals surface area contributed by atoms with Gasteiger partial charge in [-0.25, -0.2) is 0 Å². The van der Waals surface area contributed by atoms with Crippen molar-refractivity contribution in [2.75, 3.05) is 58.8 Å². The molecule has 7 nitrogen and oxygen atoms in total. The van der Waals surface area contributed by atoms with Crippen LogP contribution in [0.15, 0.2) is 48.5 Å². The molecule has 2 aromatic rings. The summed E-state index contributed by atoms with van der Waals surface area (Å²) in [6, 6.07) is 15.5. The number of ether oxygens (including phenoxy) is 2. The number of benzene rings is 2. The number of anilines is 1. The van der Waals surface area contributed by atoms with E-state index >= 15 is 0 Å². The third kappa shape index (κ3) is 6.32. The van der Waals surface area contributed by atoms with Crippen LogP contribution in [0.25, 0.3) is 6.08 Å². The molecule has 1 amide bonds. The van der Waals surface area contributed by atoms with E-state index in [4.69, 9.17) is 9.47 Å². The number of carbonyl (C=O) groups excluding carboxylic acids is 1. The standard InChI is InChI=1S/C24H28N4O3/c1-30-22-15-20(17-25)21(16-23(22)31-2)26-24(29)18-28-13-11-27(12-14-28)10-6-9-19-7-4-3-5-8-19/h3-9,15-16H,10-14,18H2,1-2H3,(H,26,29). The highest BCUT2D eigenvalue weighted by Gasteiger charge is 2.19. The molecule has 1 heterocycles. The van der Waals surface area contributed by atoms with Crippen LogP contribution in [0.5, 0.6) is 11.5 Å². The molecule has 2 aromatic carbocycles. The van der Waals surface area contributed by atoms with Crippen LogP contribution in [0.3, 0.4) is 0 Å². The Bertz CT molecular complexity index is 945. The van der Waals surface area contributed by atoms with Gasteiger partial charge in [-0.2, -0.15) is 5.26 Å². The summed E-state index contributed by atoms with van der Waals surface area (Å²) in [6.07, 6.45) is 4.31. The van der Waals surface area contributed by atoms with Crippen LogP contribution in [0, 0.1) is 11.3 Å². The number of rotatable bonds is 8. The van der Waals surface area contributed by atoms with Gasteiger partial charge in [-0.3, -0.25) is 14.6 Å². The fourth-order valence-electron chi connectivity index (χ4n) is 3.50. The number of methoxy groups -OCH3 is 2. The molecule has 0 radical (unpaired) electrons. The second-order valence-corrected chi connectivity index (χ2v) is 7.30. The highest BCUT2D eigenvalue weighted by atomic mass is 16.5. The van der Waals surface area contributed by atoms with Crippen molar-refractivity contribution in [2.24, 2.45) is 0 Å². The summed E-state index contributed by atoms with van der Waals surface area (Å²) in [5, 5.41) is 12.2. The third-order valence-corrected chi connectivity index (χ3v) is 5.22. The number of piperazine rings is 1. The minimum atomic E-state index is -0.152. The van der Waals surface area contributed by atoms with Crippen LogP contribution in [0.4, 0.5) is 5.69 Å². The van der Waals surface area contributed by atoms with E-state index in [2.05, 4.69) is 45.5 Å². The van der Waals surface area contributed by atoms with Gasteiger partial charge in [0.25, 0.3) is 0 Å². The minimum Gasteiger partial charge on any atom is -0.493 e. The van der Waals surface area contributed by atoms with Crippen molar-refractivity contribution >= 4 is 17.7 Å². The molecule has 162 valence electrons. The molecule has 0 spiro atoms. The number of nitriles is 1. The molecule has 1 fully saturated rings. The van der Waals surface area contributed by atoms with Crippen molar-refractivity contribution in [3.8, 4) is 17.6 Å². The van der Waals surface area contributed by atoms with Gasteiger partial charge in [0.1, 0.15) is 6.07 Å². The van der Waals surface area contributed by atoms with Crippen molar-refractivity contribution in [3.63, 3.8) is 0 Å². The number of hydrogen-bond donors (Lipinski definition) is 1. The van der Waals surface area contributed by atoms with E-state index in [1.807, 2.05) is 18.2 Å². The lowest BCUT2D eigenvalue weighted by Gasteiger charge is -2.33. The first kappa shape index (κ1) is 22.3. The van der Waals surface area contributed by atoms with Crippen molar-refractivity contribution in [1.82, 2.24) is 9.80 Å². The first-order valence-electron chi connectivity index (χ1n) is 10.2. The SMILES string of the molecule is COc1cc(C#N)c(NC(=O)CN2CCN(CC=Cc3ccccc3)CC2)cc1OC. The maximum absolute atomic E-state index is 12.6. The fourth-order valence-corrected chi connectivity index (χ4v) is 3.50. The summed E-state index contributed by atoms with van der Waals surface area (Å²) in [4.78, 5) is 17.0. The van der Waals surface area contributed by atoms with Crippen LogP contribution in [0.1, 0.15) is 11.1 Å². The molecule has 7 heteroatoms. The van der Waals surface area contributed by atoms with Crippen LogP contribution in [-0.2, 0) is 4.79 Å². The summed E-state index contributed by atoms with van der Waals surface area (Å²) in [5.74, 6) is 0.768. The van der Waals surface area contributed by atoms with Crippen molar-refractivity contribution in [1.29, 1.82) is 5.26 Å². The van der Waals surface area contributed by atoms with Gasteiger partial charge in [0.05, 0.1) is 32.0 Å². The molecular weight excluding hydrogens is 392 g/mol. The maximum Gasteiger partial charge on any atom is 0.238 e. The largest absolute Gasteiger partial charge is 0.493 e. The van der Waals surface area contributed by atoms with Crippen molar-refractivity contribution in [2.45, 2.75) is 0 Å². The molecule has 31 heavy (non-hydrogen) atoms. The zero-order valence-electron chi connectivity index (χ0n) is 18.0. The summed E-state index contributed by atoms with van der Waals surface area (Å²) in [5.41, 5.74) is 1.96. The molecule has 3 rings (SSSR count). The molecule has 1 N–H and O–H groups in total. The van der Waals surface area contributed by atoms with Gasteiger partial charge < -0.3 is 14.8 Å². The molecule has 0 saturated carbocycles. The average Bonchev–Trinajstić information content (AvgIpc) is 2.80. The summed E-state index contributed by atoms with van der Waals surface area (Å²) < 4.78 is 10.5. The Hall–Kier alpha value is -3.34. The molecule has 0 unspecified atom stereocenters. The Morgan fingerprint density at radius 3 is 2.35 bits per heavy atom. The highest BCUT2D eigenvalue weighted by molar-refractivity contribution is 5.94. The molecule has 1 aliphatic heterocycles. The predicted octanol–water partition coefficient (Wildman–Crippen LogP) is 2.84. The molecule has 0 aromatic heterocycles. The first-order valence-corrected chi connectivity index (χ1v) is 10.2. The van der Waals surface area contributed by atoms with Gasteiger partial charge in [0, 0.05) is 44.9 Å². The maximum atomic E-state index is 12.6. The van der Waals surface area contributed by atoms with E-state index in [1.54, 1.807) is 12.1 Å². The number of carbonyl (C=O) groups is 1. The number of nitrogens with zero attached hydrogens (tertiary/aromatic N) is 3. The van der Waals surface area contributed by atoms with Crippen molar-refractivity contribution < 1.29 is 14.3 Å². The van der Waals surface area contributed by atoms with Gasteiger partial charge in [-0.1, -0.05) is 42.5 Å². The predicted molar refractivity (Wildman–Crippen MR) is 121 cm³/mol. The van der Waals surface area contributed by atoms with Crippen LogP contribution in [0.2, 0.25) is 0 Å². The summed E-state index contributed by atoms with van der Waals surface area (Å²) in [7, 11) is 3.03. The normalized spacial score (nSPS) is 14.9. The summed E-state index contributed by atoms with van der Waals surface area (Å²) >= 11 is 0. The van der Waals surface area contributed by atoms with E-state index in [0.29, 0.717) is 22.7 Å². The Balaban J connectivity index is 1.48. The number of hydrogen-bond acceptors (Lipinski definition) is 6. The number of nitrogens with one attached hydrogen (secondary N) is 1. The van der Waals surface area contributed by atoms with Gasteiger partial charge in [-0.15, -0.1) is 0 Å². The van der Waals surface area contributed by atoms with Gasteiger partial charge in [-0.05, 0) is 5.56 Å². The lowest BCUT2D eigenvalue weighted by atomic mass is 10.1. The zero-order valence-corrected chi connectivity index (χ0v) is 18.0. The van der Waals surface area contributed by atoms with Crippen LogP contribution in [-0.4, -0.2) is 69.2 Å². The second kappa shape index (κ2) is 11.2. The summed E-state index contributed by atoms with van der Waals surface area (Å²) in [6.45, 7) is 4.64. The molecule has 1 saturated heterocycles. The van der Waals surface area contributed by atoms with Gasteiger partial charge in [0.15, 0.2) is 11.5 Å². The van der Waals surface area contributed by atoms with E-state index in [1.165, 1.54) is 19.8 Å². The van der Waals surface area contributed by atoms with Gasteiger partial charge >= 0.3 is 0 Å². The van der Waals surface area contributed by atoms with Gasteiger partial charge in [0.2, 0.25) is 5.91 Å². The Kier molecular flexibility index (Phi) is 8.05. The van der Waals surface area contributed by atoms with E-state index < -0.39 is 0 Å². The molecule has 0 atom stereocenters. The van der Waals surface area contributed by atoms with Crippen molar-refractivity contribution in [3.05, 3.63) is 59.7 Å². The average molecular weight is 421 g/mol. The van der Waals surface area contributed by atoms with Crippen LogP contribution >= 0.6 is 0 Å². The Morgan fingerprint density at radius 1 is 1.06 bits per heavy atom. The van der Waals surface area contributed by atoms with E-state index in [0.717, 1.165) is 32.7 Å². The smallest absolute Gasteiger partial charge is 0.238 e. The van der Waals surface area contributed by atoms with Crippen LogP contribution < -0.4 is 14.8 Å². The monoisotopic (exact) mass is 420 g/mol. The highest BCUT2D eigenvalue weighted by Crippen LogP contribution is 2.33.